The lowest BCUT2D eigenvalue weighted by molar-refractivity contribution is -0.0925. The number of hydrogen-bond acceptors (Lipinski definition) is 5. The van der Waals surface area contributed by atoms with Crippen LogP contribution in [0.4, 0.5) is 0 Å². The molecular formula is C27H31NO4. The van der Waals surface area contributed by atoms with Gasteiger partial charge in [0.25, 0.3) is 0 Å². The molecule has 0 aromatic heterocycles. The molecule has 2 aromatic carbocycles. The number of fused-ring (bicyclic) bond motifs is 3. The fraction of sp³-hybridized carbons (Fsp3) is 0.481. The van der Waals surface area contributed by atoms with E-state index in [0.29, 0.717) is 28.9 Å². The minimum atomic E-state index is -0.415. The highest BCUT2D eigenvalue weighted by atomic mass is 16.6. The monoisotopic (exact) mass is 433 g/mol. The first-order valence-electron chi connectivity index (χ1n) is 11.8. The third kappa shape index (κ3) is 4.31. The number of esters is 2. The second-order valence-electron chi connectivity index (χ2n) is 9.74. The maximum absolute atomic E-state index is 12.9. The Balaban J connectivity index is 1.36. The number of likely N-dealkylation sites (tertiary alicyclic amines) is 1. The molecule has 168 valence electrons. The number of rotatable bonds is 4. The van der Waals surface area contributed by atoms with E-state index in [1.807, 2.05) is 36.4 Å². The number of carbonyl (C=O) groups excluding carboxylic acids is 2. The quantitative estimate of drug-likeness (QED) is 0.668. The SMILES string of the molecule is CN1CC2CCC3CC(OC(=O)c4ccccc4)C(OC(=O)c4ccccc4)CC3C2C1. The van der Waals surface area contributed by atoms with Crippen LogP contribution in [0.15, 0.2) is 60.7 Å². The van der Waals surface area contributed by atoms with E-state index in [1.165, 1.54) is 12.8 Å². The standard InChI is InChI=1S/C27H31NO4/c1-28-16-21-13-12-20-14-24(31-26(29)18-8-4-2-5-9-18)25(15-22(20)23(21)17-28)32-27(30)19-10-6-3-7-11-19/h2-11,20-25H,12-17H2,1H3. The van der Waals surface area contributed by atoms with E-state index in [2.05, 4.69) is 11.9 Å². The van der Waals surface area contributed by atoms with Crippen LogP contribution in [-0.4, -0.2) is 49.2 Å². The van der Waals surface area contributed by atoms with Gasteiger partial charge in [-0.25, -0.2) is 9.59 Å². The van der Waals surface area contributed by atoms with Gasteiger partial charge in [0.1, 0.15) is 12.2 Å². The van der Waals surface area contributed by atoms with E-state index < -0.39 is 12.2 Å². The molecule has 2 aromatic rings. The van der Waals surface area contributed by atoms with Gasteiger partial charge in [-0.15, -0.1) is 0 Å². The van der Waals surface area contributed by atoms with Gasteiger partial charge < -0.3 is 14.4 Å². The molecule has 5 heteroatoms. The van der Waals surface area contributed by atoms with Crippen molar-refractivity contribution in [3.8, 4) is 0 Å². The molecule has 3 fully saturated rings. The summed E-state index contributed by atoms with van der Waals surface area (Å²) in [6, 6.07) is 18.1. The Morgan fingerprint density at radius 3 is 1.84 bits per heavy atom. The molecule has 6 unspecified atom stereocenters. The lowest BCUT2D eigenvalue weighted by Crippen LogP contribution is -2.48. The van der Waals surface area contributed by atoms with Gasteiger partial charge in [0.15, 0.2) is 0 Å². The third-order valence-electron chi connectivity index (χ3n) is 7.73. The fourth-order valence-corrected chi connectivity index (χ4v) is 6.24. The summed E-state index contributed by atoms with van der Waals surface area (Å²) < 4.78 is 12.0. The van der Waals surface area contributed by atoms with Crippen LogP contribution in [0.25, 0.3) is 0 Å². The Morgan fingerprint density at radius 1 is 0.719 bits per heavy atom. The Morgan fingerprint density at radius 2 is 1.25 bits per heavy atom. The predicted octanol–water partition coefficient (Wildman–Crippen LogP) is 4.44. The summed E-state index contributed by atoms with van der Waals surface area (Å²) in [7, 11) is 2.20. The average molecular weight is 434 g/mol. The molecule has 2 aliphatic carbocycles. The average Bonchev–Trinajstić information content (AvgIpc) is 3.21. The first kappa shape index (κ1) is 21.2. The van der Waals surface area contributed by atoms with Gasteiger partial charge in [0, 0.05) is 13.1 Å². The number of benzene rings is 2. The van der Waals surface area contributed by atoms with Gasteiger partial charge in [-0.2, -0.15) is 0 Å². The van der Waals surface area contributed by atoms with E-state index in [1.54, 1.807) is 24.3 Å². The zero-order chi connectivity index (χ0) is 22.1. The second kappa shape index (κ2) is 9.07. The van der Waals surface area contributed by atoms with E-state index in [9.17, 15) is 9.59 Å². The Hall–Kier alpha value is -2.66. The van der Waals surface area contributed by atoms with Crippen molar-refractivity contribution in [1.29, 1.82) is 0 Å². The van der Waals surface area contributed by atoms with Crippen LogP contribution in [0, 0.1) is 23.7 Å². The van der Waals surface area contributed by atoms with E-state index in [-0.39, 0.29) is 11.9 Å². The van der Waals surface area contributed by atoms with Crippen molar-refractivity contribution >= 4 is 11.9 Å². The second-order valence-corrected chi connectivity index (χ2v) is 9.74. The third-order valence-corrected chi connectivity index (χ3v) is 7.73. The van der Waals surface area contributed by atoms with Crippen LogP contribution in [-0.2, 0) is 9.47 Å². The van der Waals surface area contributed by atoms with E-state index in [0.717, 1.165) is 31.8 Å². The lowest BCUT2D eigenvalue weighted by atomic mass is 9.61. The maximum Gasteiger partial charge on any atom is 0.338 e. The van der Waals surface area contributed by atoms with Crippen molar-refractivity contribution in [1.82, 2.24) is 4.90 Å². The summed E-state index contributed by atoms with van der Waals surface area (Å²) >= 11 is 0. The van der Waals surface area contributed by atoms with E-state index >= 15 is 0 Å². The van der Waals surface area contributed by atoms with Crippen LogP contribution >= 0.6 is 0 Å². The molecule has 5 nitrogen and oxygen atoms in total. The molecule has 1 aliphatic heterocycles. The van der Waals surface area contributed by atoms with Crippen molar-refractivity contribution in [3.05, 3.63) is 71.8 Å². The lowest BCUT2D eigenvalue weighted by Gasteiger charge is -2.47. The molecule has 0 bridgehead atoms. The first-order valence-corrected chi connectivity index (χ1v) is 11.8. The van der Waals surface area contributed by atoms with Crippen molar-refractivity contribution in [2.24, 2.45) is 23.7 Å². The normalized spacial score (nSPS) is 31.9. The summed E-state index contributed by atoms with van der Waals surface area (Å²) in [6.45, 7) is 2.27. The number of ether oxygens (including phenoxy) is 2. The highest BCUT2D eigenvalue weighted by Crippen LogP contribution is 2.50. The molecule has 0 spiro atoms. The van der Waals surface area contributed by atoms with E-state index in [4.69, 9.17) is 9.47 Å². The molecule has 5 rings (SSSR count). The highest BCUT2D eigenvalue weighted by Gasteiger charge is 2.50. The summed E-state index contributed by atoms with van der Waals surface area (Å²) in [5, 5.41) is 0. The largest absolute Gasteiger partial charge is 0.455 e. The number of carbonyl (C=O) groups is 2. The fourth-order valence-electron chi connectivity index (χ4n) is 6.24. The zero-order valence-electron chi connectivity index (χ0n) is 18.6. The summed E-state index contributed by atoms with van der Waals surface area (Å²) in [6.07, 6.45) is 3.12. The summed E-state index contributed by atoms with van der Waals surface area (Å²) in [4.78, 5) is 28.1. The van der Waals surface area contributed by atoms with Gasteiger partial charge in [-0.3, -0.25) is 0 Å². The molecule has 6 atom stereocenters. The Kier molecular flexibility index (Phi) is 6.01. The highest BCUT2D eigenvalue weighted by molar-refractivity contribution is 5.90. The molecule has 1 heterocycles. The molecule has 2 saturated carbocycles. The van der Waals surface area contributed by atoms with Gasteiger partial charge in [-0.1, -0.05) is 36.4 Å². The van der Waals surface area contributed by atoms with Crippen LogP contribution in [0.3, 0.4) is 0 Å². The summed E-state index contributed by atoms with van der Waals surface area (Å²) in [5.74, 6) is 1.72. The zero-order valence-corrected chi connectivity index (χ0v) is 18.6. The first-order chi connectivity index (χ1) is 15.6. The molecule has 0 amide bonds. The van der Waals surface area contributed by atoms with Crippen molar-refractivity contribution in [2.45, 2.75) is 37.9 Å². The number of hydrogen-bond donors (Lipinski definition) is 0. The van der Waals surface area contributed by atoms with Crippen LogP contribution in [0.2, 0.25) is 0 Å². The topological polar surface area (TPSA) is 55.8 Å². The smallest absolute Gasteiger partial charge is 0.338 e. The summed E-state index contributed by atoms with van der Waals surface area (Å²) in [5.41, 5.74) is 1.06. The van der Waals surface area contributed by atoms with Gasteiger partial charge in [-0.05, 0) is 80.7 Å². The minimum absolute atomic E-state index is 0.342. The number of nitrogens with zero attached hydrogens (tertiary/aromatic N) is 1. The minimum Gasteiger partial charge on any atom is -0.455 e. The van der Waals surface area contributed by atoms with Crippen molar-refractivity contribution < 1.29 is 19.1 Å². The van der Waals surface area contributed by atoms with Crippen LogP contribution < -0.4 is 0 Å². The van der Waals surface area contributed by atoms with Crippen LogP contribution in [0.1, 0.15) is 46.4 Å². The molecule has 1 saturated heterocycles. The van der Waals surface area contributed by atoms with Crippen molar-refractivity contribution in [2.75, 3.05) is 20.1 Å². The molecule has 0 N–H and O–H groups in total. The molecule has 32 heavy (non-hydrogen) atoms. The van der Waals surface area contributed by atoms with Gasteiger partial charge >= 0.3 is 11.9 Å². The van der Waals surface area contributed by atoms with Crippen LogP contribution in [0.5, 0.6) is 0 Å². The van der Waals surface area contributed by atoms with Crippen molar-refractivity contribution in [3.63, 3.8) is 0 Å². The molecular weight excluding hydrogens is 402 g/mol. The Labute approximate surface area is 189 Å². The molecule has 3 aliphatic rings. The van der Waals surface area contributed by atoms with Gasteiger partial charge in [0.05, 0.1) is 11.1 Å². The predicted molar refractivity (Wildman–Crippen MR) is 121 cm³/mol. The maximum atomic E-state index is 12.9. The van der Waals surface area contributed by atoms with Gasteiger partial charge in [0.2, 0.25) is 0 Å². The Bertz CT molecular complexity index is 947. The molecule has 0 radical (unpaired) electrons.